The lowest BCUT2D eigenvalue weighted by atomic mass is 9.92. The number of benzene rings is 2. The second-order valence-electron chi connectivity index (χ2n) is 7.04. The van der Waals surface area contributed by atoms with Crippen molar-refractivity contribution < 1.29 is 32.0 Å². The average Bonchev–Trinajstić information content (AvgIpc) is 3.27. The van der Waals surface area contributed by atoms with Crippen LogP contribution in [0.4, 0.5) is 18.0 Å². The maximum absolute atomic E-state index is 13.0. The Morgan fingerprint density at radius 3 is 2.41 bits per heavy atom. The molecule has 1 aromatic heterocycles. The number of alkyl halides is 3. The van der Waals surface area contributed by atoms with Crippen LogP contribution < -0.4 is 10.1 Å². The molecule has 0 saturated carbocycles. The monoisotopic (exact) mass is 466 g/mol. The Kier molecular flexibility index (Phi) is 5.29. The zero-order valence-electron chi connectivity index (χ0n) is 16.3. The third-order valence-electron chi connectivity index (χ3n) is 4.80. The van der Waals surface area contributed by atoms with Crippen LogP contribution in [0, 0.1) is 0 Å². The van der Waals surface area contributed by atoms with Gasteiger partial charge < -0.3 is 14.6 Å². The molecular weight excluding hydrogens is 453 g/mol. The Labute approximate surface area is 183 Å². The number of hydrogen-bond donors (Lipinski definition) is 1. The highest BCUT2D eigenvalue weighted by molar-refractivity contribution is 6.30. The van der Waals surface area contributed by atoms with E-state index in [0.717, 1.165) is 17.0 Å². The number of urea groups is 1. The van der Waals surface area contributed by atoms with Crippen LogP contribution >= 0.6 is 11.6 Å². The van der Waals surface area contributed by atoms with Crippen molar-refractivity contribution in [3.8, 4) is 17.1 Å². The standard InChI is InChI=1S/C20H14ClF3N4O4/c1-19(12-4-8-14(9-5-12)31-20(22,23)24)17(29)28(18(30)26-19)10-15-25-16(27-32-15)11-2-6-13(21)7-3-11/h2-9H,10H2,1H3,(H,26,30). The smallest absolute Gasteiger partial charge is 0.406 e. The van der Waals surface area contributed by atoms with Crippen molar-refractivity contribution in [2.24, 2.45) is 0 Å². The molecule has 1 aliphatic rings. The van der Waals surface area contributed by atoms with Gasteiger partial charge in [0.05, 0.1) is 0 Å². The fraction of sp³-hybridized carbons (Fsp3) is 0.200. The van der Waals surface area contributed by atoms with Gasteiger partial charge in [0.1, 0.15) is 17.8 Å². The summed E-state index contributed by atoms with van der Waals surface area (Å²) in [7, 11) is 0. The van der Waals surface area contributed by atoms with E-state index in [0.29, 0.717) is 10.6 Å². The summed E-state index contributed by atoms with van der Waals surface area (Å²) in [6, 6.07) is 10.6. The minimum Gasteiger partial charge on any atom is -0.406 e. The summed E-state index contributed by atoms with van der Waals surface area (Å²) in [6.45, 7) is 1.16. The van der Waals surface area contributed by atoms with E-state index in [9.17, 15) is 22.8 Å². The predicted octanol–water partition coefficient (Wildman–Crippen LogP) is 4.26. The lowest BCUT2D eigenvalue weighted by Gasteiger charge is -2.22. The van der Waals surface area contributed by atoms with Gasteiger partial charge in [-0.15, -0.1) is 13.2 Å². The van der Waals surface area contributed by atoms with Crippen molar-refractivity contribution in [1.82, 2.24) is 20.4 Å². The lowest BCUT2D eigenvalue weighted by molar-refractivity contribution is -0.274. The molecule has 1 saturated heterocycles. The first-order chi connectivity index (χ1) is 15.0. The fourth-order valence-electron chi connectivity index (χ4n) is 3.20. The Hall–Kier alpha value is -3.60. The topological polar surface area (TPSA) is 97.6 Å². The van der Waals surface area contributed by atoms with Crippen molar-refractivity contribution in [1.29, 1.82) is 0 Å². The number of ether oxygens (including phenoxy) is 1. The van der Waals surface area contributed by atoms with Crippen molar-refractivity contribution in [3.63, 3.8) is 0 Å². The van der Waals surface area contributed by atoms with Gasteiger partial charge in [0.15, 0.2) is 0 Å². The van der Waals surface area contributed by atoms with E-state index in [-0.39, 0.29) is 23.8 Å². The molecule has 1 atom stereocenters. The van der Waals surface area contributed by atoms with E-state index in [1.807, 2.05) is 0 Å². The first-order valence-corrected chi connectivity index (χ1v) is 9.52. The highest BCUT2D eigenvalue weighted by atomic mass is 35.5. The summed E-state index contributed by atoms with van der Waals surface area (Å²) in [4.78, 5) is 30.5. The van der Waals surface area contributed by atoms with Crippen LogP contribution in [0.15, 0.2) is 53.1 Å². The number of nitrogens with one attached hydrogen (secondary N) is 1. The summed E-state index contributed by atoms with van der Waals surface area (Å²) >= 11 is 5.85. The second kappa shape index (κ2) is 7.83. The number of carbonyl (C=O) groups is 2. The molecule has 8 nitrogen and oxygen atoms in total. The third kappa shape index (κ3) is 4.24. The number of halogens is 4. The number of amides is 3. The lowest BCUT2D eigenvalue weighted by Crippen LogP contribution is -2.40. The Balaban J connectivity index is 1.51. The second-order valence-corrected chi connectivity index (χ2v) is 7.47. The largest absolute Gasteiger partial charge is 0.573 e. The number of nitrogens with zero attached hydrogens (tertiary/aromatic N) is 3. The quantitative estimate of drug-likeness (QED) is 0.564. The molecule has 1 N–H and O–H groups in total. The molecule has 166 valence electrons. The molecular formula is C20H14ClF3N4O4. The molecule has 2 aromatic carbocycles. The molecule has 0 spiro atoms. The van der Waals surface area contributed by atoms with Crippen LogP contribution in [-0.4, -0.2) is 33.3 Å². The van der Waals surface area contributed by atoms with E-state index < -0.39 is 29.6 Å². The van der Waals surface area contributed by atoms with Gasteiger partial charge in [0, 0.05) is 10.6 Å². The first-order valence-electron chi connectivity index (χ1n) is 9.14. The normalized spacial score (nSPS) is 18.7. The molecule has 1 fully saturated rings. The van der Waals surface area contributed by atoms with Crippen LogP contribution in [0.5, 0.6) is 5.75 Å². The van der Waals surface area contributed by atoms with Gasteiger partial charge in [-0.2, -0.15) is 4.98 Å². The summed E-state index contributed by atoms with van der Waals surface area (Å²) in [5, 5.41) is 6.92. The molecule has 1 unspecified atom stereocenters. The molecule has 12 heteroatoms. The first kappa shape index (κ1) is 21.6. The van der Waals surface area contributed by atoms with E-state index in [1.165, 1.54) is 19.1 Å². The SMILES string of the molecule is CC1(c2ccc(OC(F)(F)F)cc2)NC(=O)N(Cc2nc(-c3ccc(Cl)cc3)no2)C1=O. The Morgan fingerprint density at radius 2 is 1.78 bits per heavy atom. The van der Waals surface area contributed by atoms with E-state index in [4.69, 9.17) is 16.1 Å². The van der Waals surface area contributed by atoms with Crippen molar-refractivity contribution >= 4 is 23.5 Å². The average molecular weight is 467 g/mol. The number of hydrogen-bond acceptors (Lipinski definition) is 6. The Bertz CT molecular complexity index is 1160. The van der Waals surface area contributed by atoms with Crippen molar-refractivity contribution in [3.05, 3.63) is 65.0 Å². The molecule has 32 heavy (non-hydrogen) atoms. The van der Waals surface area contributed by atoms with Crippen molar-refractivity contribution in [2.45, 2.75) is 25.4 Å². The summed E-state index contributed by atoms with van der Waals surface area (Å²) in [5.41, 5.74) is -0.583. The van der Waals surface area contributed by atoms with E-state index >= 15 is 0 Å². The molecule has 4 rings (SSSR count). The van der Waals surface area contributed by atoms with Gasteiger partial charge in [-0.3, -0.25) is 9.69 Å². The van der Waals surface area contributed by atoms with E-state index in [1.54, 1.807) is 24.3 Å². The minimum absolute atomic E-state index is 0.0247. The fourth-order valence-corrected chi connectivity index (χ4v) is 3.32. The van der Waals surface area contributed by atoms with Gasteiger partial charge in [-0.25, -0.2) is 4.79 Å². The van der Waals surface area contributed by atoms with Gasteiger partial charge in [0.25, 0.3) is 5.91 Å². The van der Waals surface area contributed by atoms with Crippen molar-refractivity contribution in [2.75, 3.05) is 0 Å². The van der Waals surface area contributed by atoms with Gasteiger partial charge in [-0.05, 0) is 48.9 Å². The zero-order chi connectivity index (χ0) is 23.1. The maximum atomic E-state index is 13.0. The minimum atomic E-state index is -4.84. The number of aromatic nitrogens is 2. The molecule has 1 aliphatic heterocycles. The third-order valence-corrected chi connectivity index (χ3v) is 5.06. The zero-order valence-corrected chi connectivity index (χ0v) is 17.1. The van der Waals surface area contributed by atoms with Gasteiger partial charge in [-0.1, -0.05) is 28.9 Å². The van der Waals surface area contributed by atoms with Gasteiger partial charge in [0.2, 0.25) is 11.7 Å². The van der Waals surface area contributed by atoms with Crippen LogP contribution in [0.1, 0.15) is 18.4 Å². The van der Waals surface area contributed by atoms with Crippen LogP contribution in [0.3, 0.4) is 0 Å². The summed E-state index contributed by atoms with van der Waals surface area (Å²) in [6.07, 6.45) is -4.84. The van der Waals surface area contributed by atoms with E-state index in [2.05, 4.69) is 20.2 Å². The van der Waals surface area contributed by atoms with Gasteiger partial charge >= 0.3 is 12.4 Å². The van der Waals surface area contributed by atoms with Crippen LogP contribution in [0.25, 0.3) is 11.4 Å². The number of imide groups is 1. The Morgan fingerprint density at radius 1 is 1.12 bits per heavy atom. The molecule has 0 radical (unpaired) electrons. The highest BCUT2D eigenvalue weighted by Crippen LogP contribution is 2.32. The number of carbonyl (C=O) groups excluding carboxylic acids is 2. The maximum Gasteiger partial charge on any atom is 0.573 e. The molecule has 3 aromatic rings. The summed E-state index contributed by atoms with van der Waals surface area (Å²) < 4.78 is 46.0. The predicted molar refractivity (Wildman–Crippen MR) is 104 cm³/mol. The highest BCUT2D eigenvalue weighted by Gasteiger charge is 2.49. The summed E-state index contributed by atoms with van der Waals surface area (Å²) in [5.74, 6) is -0.791. The van der Waals surface area contributed by atoms with Crippen LogP contribution in [0.2, 0.25) is 5.02 Å². The number of rotatable bonds is 5. The molecule has 3 amide bonds. The molecule has 0 aliphatic carbocycles. The molecule has 0 bridgehead atoms. The van der Waals surface area contributed by atoms with Crippen LogP contribution in [-0.2, 0) is 16.9 Å². The molecule has 2 heterocycles.